The molecule has 0 spiro atoms. The second kappa shape index (κ2) is 6.43. The zero-order valence-corrected chi connectivity index (χ0v) is 13.1. The smallest absolute Gasteiger partial charge is 0.159 e. The predicted octanol–water partition coefficient (Wildman–Crippen LogP) is 2.27. The number of likely N-dealkylation sites (N-methyl/N-ethyl adjacent to an activating group) is 1. The maximum absolute atomic E-state index is 4.73. The van der Waals surface area contributed by atoms with Gasteiger partial charge in [0.05, 0.1) is 6.54 Å². The number of hydrogen-bond acceptors (Lipinski definition) is 4. The molecule has 2 atom stereocenters. The quantitative estimate of drug-likeness (QED) is 0.728. The first-order chi connectivity index (χ1) is 8.24. The minimum Gasteiger partial charge on any atom is -0.347 e. The Kier molecular flexibility index (Phi) is 5.18. The SMILES string of the molecule is CCC1CN(C)CCCN1C1=NCC(CBr)S1. The molecule has 0 aliphatic carbocycles. The van der Waals surface area contributed by atoms with Crippen molar-refractivity contribution >= 4 is 32.9 Å². The van der Waals surface area contributed by atoms with E-state index in [0.717, 1.165) is 11.9 Å². The molecular formula is C12H22BrN3S. The first kappa shape index (κ1) is 13.7. The van der Waals surface area contributed by atoms with E-state index in [2.05, 4.69) is 39.7 Å². The molecule has 98 valence electrons. The van der Waals surface area contributed by atoms with E-state index >= 15 is 0 Å². The molecule has 1 fully saturated rings. The van der Waals surface area contributed by atoms with Gasteiger partial charge >= 0.3 is 0 Å². The van der Waals surface area contributed by atoms with E-state index in [9.17, 15) is 0 Å². The summed E-state index contributed by atoms with van der Waals surface area (Å²) in [6, 6.07) is 0.642. The van der Waals surface area contributed by atoms with Gasteiger partial charge in [-0.1, -0.05) is 34.6 Å². The van der Waals surface area contributed by atoms with Crippen LogP contribution in [0, 0.1) is 0 Å². The van der Waals surface area contributed by atoms with Crippen LogP contribution >= 0.6 is 27.7 Å². The lowest BCUT2D eigenvalue weighted by Gasteiger charge is -2.31. The van der Waals surface area contributed by atoms with Crippen LogP contribution in [0.2, 0.25) is 0 Å². The van der Waals surface area contributed by atoms with Crippen molar-refractivity contribution < 1.29 is 0 Å². The molecular weight excluding hydrogens is 298 g/mol. The van der Waals surface area contributed by atoms with Gasteiger partial charge in [0.2, 0.25) is 0 Å². The number of aliphatic imine (C=N–C) groups is 1. The highest BCUT2D eigenvalue weighted by molar-refractivity contribution is 9.09. The maximum atomic E-state index is 4.73. The van der Waals surface area contributed by atoms with E-state index in [-0.39, 0.29) is 0 Å². The van der Waals surface area contributed by atoms with Crippen molar-refractivity contribution in [2.45, 2.75) is 31.1 Å². The first-order valence-corrected chi connectivity index (χ1v) is 8.47. The number of thioether (sulfide) groups is 1. The van der Waals surface area contributed by atoms with Crippen molar-refractivity contribution in [3.8, 4) is 0 Å². The second-order valence-electron chi connectivity index (χ2n) is 4.89. The van der Waals surface area contributed by atoms with Gasteiger partial charge in [-0.05, 0) is 26.4 Å². The Balaban J connectivity index is 2.02. The lowest BCUT2D eigenvalue weighted by molar-refractivity contribution is 0.267. The van der Waals surface area contributed by atoms with Crippen LogP contribution in [0.5, 0.6) is 0 Å². The molecule has 2 aliphatic heterocycles. The number of hydrogen-bond donors (Lipinski definition) is 0. The molecule has 3 nitrogen and oxygen atoms in total. The number of rotatable bonds is 2. The predicted molar refractivity (Wildman–Crippen MR) is 80.4 cm³/mol. The summed E-state index contributed by atoms with van der Waals surface area (Å²) in [6.45, 7) is 6.83. The average Bonchev–Trinajstić information content (AvgIpc) is 2.73. The van der Waals surface area contributed by atoms with E-state index in [4.69, 9.17) is 4.99 Å². The monoisotopic (exact) mass is 319 g/mol. The largest absolute Gasteiger partial charge is 0.347 e. The lowest BCUT2D eigenvalue weighted by atomic mass is 10.2. The van der Waals surface area contributed by atoms with Crippen molar-refractivity contribution in [3.05, 3.63) is 0 Å². The number of halogens is 1. The zero-order chi connectivity index (χ0) is 12.3. The molecule has 0 saturated carbocycles. The van der Waals surface area contributed by atoms with Crippen LogP contribution in [0.4, 0.5) is 0 Å². The molecule has 0 N–H and O–H groups in total. The van der Waals surface area contributed by atoms with Crippen LogP contribution in [0.25, 0.3) is 0 Å². The summed E-state index contributed by atoms with van der Waals surface area (Å²) in [5, 5.41) is 2.98. The molecule has 2 heterocycles. The molecule has 0 radical (unpaired) electrons. The minimum absolute atomic E-state index is 0.642. The minimum atomic E-state index is 0.642. The molecule has 0 aromatic heterocycles. The van der Waals surface area contributed by atoms with Gasteiger partial charge in [-0.2, -0.15) is 0 Å². The molecule has 1 saturated heterocycles. The lowest BCUT2D eigenvalue weighted by Crippen LogP contribution is -2.42. The van der Waals surface area contributed by atoms with Crippen LogP contribution < -0.4 is 0 Å². The van der Waals surface area contributed by atoms with E-state index < -0.39 is 0 Å². The van der Waals surface area contributed by atoms with Crippen molar-refractivity contribution in [3.63, 3.8) is 0 Å². The molecule has 0 aromatic rings. The van der Waals surface area contributed by atoms with Gasteiger partial charge in [0.15, 0.2) is 5.17 Å². The topological polar surface area (TPSA) is 18.8 Å². The van der Waals surface area contributed by atoms with Gasteiger partial charge in [0.1, 0.15) is 0 Å². The Hall–Kier alpha value is 0.260. The Morgan fingerprint density at radius 3 is 2.94 bits per heavy atom. The molecule has 2 unspecified atom stereocenters. The summed E-state index contributed by atoms with van der Waals surface area (Å²) in [5.74, 6) is 0. The first-order valence-electron chi connectivity index (χ1n) is 6.46. The third-order valence-electron chi connectivity index (χ3n) is 3.49. The van der Waals surface area contributed by atoms with Gasteiger partial charge in [0.25, 0.3) is 0 Å². The zero-order valence-electron chi connectivity index (χ0n) is 10.7. The van der Waals surface area contributed by atoms with Gasteiger partial charge in [0, 0.05) is 29.7 Å². The fourth-order valence-corrected chi connectivity index (χ4v) is 4.12. The Morgan fingerprint density at radius 2 is 2.29 bits per heavy atom. The summed E-state index contributed by atoms with van der Waals surface area (Å²) >= 11 is 5.52. The third-order valence-corrected chi connectivity index (χ3v) is 5.93. The third kappa shape index (κ3) is 3.38. The summed E-state index contributed by atoms with van der Waals surface area (Å²) in [5.41, 5.74) is 0. The number of amidine groups is 1. The van der Waals surface area contributed by atoms with Crippen molar-refractivity contribution in [2.75, 3.05) is 38.6 Å². The fourth-order valence-electron chi connectivity index (χ4n) is 2.49. The van der Waals surface area contributed by atoms with Crippen molar-refractivity contribution in [2.24, 2.45) is 4.99 Å². The highest BCUT2D eigenvalue weighted by atomic mass is 79.9. The van der Waals surface area contributed by atoms with Gasteiger partial charge in [-0.25, -0.2) is 0 Å². The Labute approximate surface area is 117 Å². The van der Waals surface area contributed by atoms with E-state index in [0.29, 0.717) is 11.3 Å². The summed E-state index contributed by atoms with van der Waals surface area (Å²) in [6.07, 6.45) is 2.47. The maximum Gasteiger partial charge on any atom is 0.159 e. The molecule has 0 amide bonds. The standard InChI is InChI=1S/C12H22BrN3S/c1-3-10-9-15(2)5-4-6-16(10)12-14-8-11(7-13)17-12/h10-11H,3-9H2,1-2H3. The highest BCUT2D eigenvalue weighted by Crippen LogP contribution is 2.27. The van der Waals surface area contributed by atoms with Gasteiger partial charge in [-0.3, -0.25) is 4.99 Å². The summed E-state index contributed by atoms with van der Waals surface area (Å²) < 4.78 is 0. The Morgan fingerprint density at radius 1 is 1.47 bits per heavy atom. The van der Waals surface area contributed by atoms with E-state index in [1.54, 1.807) is 0 Å². The fraction of sp³-hybridized carbons (Fsp3) is 0.917. The summed E-state index contributed by atoms with van der Waals surface area (Å²) in [7, 11) is 2.23. The van der Waals surface area contributed by atoms with Crippen molar-refractivity contribution in [1.82, 2.24) is 9.80 Å². The van der Waals surface area contributed by atoms with Gasteiger partial charge in [-0.15, -0.1) is 0 Å². The second-order valence-corrected chi connectivity index (χ2v) is 6.80. The van der Waals surface area contributed by atoms with Crippen LogP contribution in [0.1, 0.15) is 19.8 Å². The average molecular weight is 320 g/mol. The normalized spacial score (nSPS) is 31.5. The van der Waals surface area contributed by atoms with Crippen molar-refractivity contribution in [1.29, 1.82) is 0 Å². The summed E-state index contributed by atoms with van der Waals surface area (Å²) in [4.78, 5) is 9.74. The number of nitrogens with zero attached hydrogens (tertiary/aromatic N) is 3. The highest BCUT2D eigenvalue weighted by Gasteiger charge is 2.29. The van der Waals surface area contributed by atoms with Crippen LogP contribution in [-0.4, -0.2) is 64.8 Å². The van der Waals surface area contributed by atoms with Crippen LogP contribution in [-0.2, 0) is 0 Å². The molecule has 0 aromatic carbocycles. The Bertz CT molecular complexity index is 285. The molecule has 2 rings (SSSR count). The van der Waals surface area contributed by atoms with Crippen LogP contribution in [0.15, 0.2) is 4.99 Å². The number of alkyl halides is 1. The molecule has 5 heteroatoms. The van der Waals surface area contributed by atoms with Gasteiger partial charge < -0.3 is 9.80 Å². The van der Waals surface area contributed by atoms with E-state index in [1.165, 1.54) is 37.6 Å². The molecule has 2 aliphatic rings. The molecule has 17 heavy (non-hydrogen) atoms. The molecule has 0 bridgehead atoms. The van der Waals surface area contributed by atoms with Crippen LogP contribution in [0.3, 0.4) is 0 Å². The van der Waals surface area contributed by atoms with E-state index in [1.807, 2.05) is 11.8 Å².